The number of carbonyl (C=O) groups excluding carboxylic acids is 1. The second-order valence-electron chi connectivity index (χ2n) is 6.54. The van der Waals surface area contributed by atoms with E-state index in [-0.39, 0.29) is 5.91 Å². The first-order chi connectivity index (χ1) is 9.40. The molecule has 1 heterocycles. The van der Waals surface area contributed by atoms with Gasteiger partial charge in [-0.2, -0.15) is 5.10 Å². The summed E-state index contributed by atoms with van der Waals surface area (Å²) in [6.45, 7) is 6.05. The minimum atomic E-state index is 0.189. The predicted molar refractivity (Wildman–Crippen MR) is 86.5 cm³/mol. The van der Waals surface area contributed by atoms with E-state index in [9.17, 15) is 4.79 Å². The van der Waals surface area contributed by atoms with E-state index in [0.29, 0.717) is 18.0 Å². The zero-order valence-corrected chi connectivity index (χ0v) is 14.7. The molecule has 0 spiro atoms. The minimum absolute atomic E-state index is 0.189. The number of carbonyl (C=O) groups is 1. The lowest BCUT2D eigenvalue weighted by molar-refractivity contribution is -0.129. The van der Waals surface area contributed by atoms with Crippen molar-refractivity contribution in [1.82, 2.24) is 14.7 Å². The topological polar surface area (TPSA) is 38.1 Å². The molecule has 1 aromatic heterocycles. The number of fused-ring (bicyclic) bond motifs is 1. The molecule has 0 saturated heterocycles. The Balaban J connectivity index is 1.72. The molecule has 2 aliphatic carbocycles. The molecule has 1 amide bonds. The molecule has 5 heteroatoms. The highest BCUT2D eigenvalue weighted by atomic mass is 127. The maximum Gasteiger partial charge on any atom is 0.219 e. The van der Waals surface area contributed by atoms with E-state index in [2.05, 4.69) is 52.3 Å². The number of nitrogens with zero attached hydrogens (tertiary/aromatic N) is 3. The molecule has 0 aromatic carbocycles. The number of halogens is 1. The third kappa shape index (κ3) is 2.27. The highest BCUT2D eigenvalue weighted by molar-refractivity contribution is 14.1. The molecule has 2 fully saturated rings. The standard InChI is InChI=1S/C15H22IN3O/c1-8(2)19-13(7-14(16)17-19)15-11-5-10(6-12(11)15)18(4)9(3)20/h7-8,10-12,15H,5-6H2,1-4H3. The number of hydrogen-bond acceptors (Lipinski definition) is 2. The Morgan fingerprint density at radius 1 is 1.45 bits per heavy atom. The van der Waals surface area contributed by atoms with Crippen LogP contribution in [0.5, 0.6) is 0 Å². The van der Waals surface area contributed by atoms with E-state index >= 15 is 0 Å². The summed E-state index contributed by atoms with van der Waals surface area (Å²) >= 11 is 2.30. The zero-order valence-electron chi connectivity index (χ0n) is 12.5. The van der Waals surface area contributed by atoms with Crippen molar-refractivity contribution >= 4 is 28.5 Å². The van der Waals surface area contributed by atoms with Crippen LogP contribution in [-0.2, 0) is 4.79 Å². The van der Waals surface area contributed by atoms with E-state index in [0.717, 1.165) is 28.4 Å². The number of amides is 1. The Labute approximate surface area is 134 Å². The highest BCUT2D eigenvalue weighted by Crippen LogP contribution is 2.64. The molecule has 110 valence electrons. The SMILES string of the molecule is CC(=O)N(C)C1CC2C(C1)C2c1cc(I)nn1C(C)C. The third-order valence-electron chi connectivity index (χ3n) is 5.03. The van der Waals surface area contributed by atoms with Crippen molar-refractivity contribution in [3.05, 3.63) is 15.5 Å². The third-order valence-corrected chi connectivity index (χ3v) is 5.56. The second kappa shape index (κ2) is 5.00. The largest absolute Gasteiger partial charge is 0.343 e. The molecule has 0 bridgehead atoms. The van der Waals surface area contributed by atoms with Crippen molar-refractivity contribution in [2.75, 3.05) is 7.05 Å². The first-order valence-electron chi connectivity index (χ1n) is 7.38. The molecule has 0 radical (unpaired) electrons. The summed E-state index contributed by atoms with van der Waals surface area (Å²) < 4.78 is 3.28. The van der Waals surface area contributed by atoms with Crippen LogP contribution in [0.25, 0.3) is 0 Å². The minimum Gasteiger partial charge on any atom is -0.343 e. The molecule has 2 atom stereocenters. The zero-order chi connectivity index (χ0) is 14.6. The lowest BCUT2D eigenvalue weighted by atomic mass is 10.0. The maximum absolute atomic E-state index is 11.5. The van der Waals surface area contributed by atoms with Crippen LogP contribution in [0.2, 0.25) is 0 Å². The Bertz CT molecular complexity index is 527. The highest BCUT2D eigenvalue weighted by Gasteiger charge is 2.58. The lowest BCUT2D eigenvalue weighted by Crippen LogP contribution is -2.34. The first-order valence-corrected chi connectivity index (χ1v) is 8.46. The van der Waals surface area contributed by atoms with Crippen molar-refractivity contribution in [3.8, 4) is 0 Å². The Kier molecular flexibility index (Phi) is 3.59. The van der Waals surface area contributed by atoms with Gasteiger partial charge in [-0.05, 0) is 67.2 Å². The number of hydrogen-bond donors (Lipinski definition) is 0. The van der Waals surface area contributed by atoms with Crippen LogP contribution >= 0.6 is 22.6 Å². The van der Waals surface area contributed by atoms with Crippen LogP contribution in [0, 0.1) is 15.5 Å². The quantitative estimate of drug-likeness (QED) is 0.748. The van der Waals surface area contributed by atoms with Gasteiger partial charge < -0.3 is 4.90 Å². The van der Waals surface area contributed by atoms with Crippen molar-refractivity contribution in [3.63, 3.8) is 0 Å². The van der Waals surface area contributed by atoms with Crippen LogP contribution < -0.4 is 0 Å². The maximum atomic E-state index is 11.5. The Morgan fingerprint density at radius 3 is 2.55 bits per heavy atom. The van der Waals surface area contributed by atoms with Gasteiger partial charge in [0.15, 0.2) is 0 Å². The average molecular weight is 387 g/mol. The summed E-state index contributed by atoms with van der Waals surface area (Å²) in [5, 5.41) is 4.62. The van der Waals surface area contributed by atoms with Crippen LogP contribution in [0.3, 0.4) is 0 Å². The van der Waals surface area contributed by atoms with Gasteiger partial charge in [-0.1, -0.05) is 0 Å². The van der Waals surface area contributed by atoms with Crippen LogP contribution in [0.15, 0.2) is 6.07 Å². The van der Waals surface area contributed by atoms with Gasteiger partial charge in [0.1, 0.15) is 3.70 Å². The number of aromatic nitrogens is 2. The van der Waals surface area contributed by atoms with Crippen LogP contribution in [0.1, 0.15) is 51.3 Å². The van der Waals surface area contributed by atoms with E-state index in [4.69, 9.17) is 0 Å². The molecular formula is C15H22IN3O. The van der Waals surface area contributed by atoms with Crippen molar-refractivity contribution < 1.29 is 4.79 Å². The summed E-state index contributed by atoms with van der Waals surface area (Å²) in [6.07, 6.45) is 2.32. The van der Waals surface area contributed by atoms with Crippen molar-refractivity contribution in [2.24, 2.45) is 11.8 Å². The monoisotopic (exact) mass is 387 g/mol. The summed E-state index contributed by atoms with van der Waals surface area (Å²) in [5.74, 6) is 2.37. The lowest BCUT2D eigenvalue weighted by Gasteiger charge is -2.25. The molecule has 1 aromatic rings. The molecule has 0 N–H and O–H groups in total. The van der Waals surface area contributed by atoms with Gasteiger partial charge in [-0.3, -0.25) is 9.48 Å². The summed E-state index contributed by atoms with van der Waals surface area (Å²) in [4.78, 5) is 13.4. The summed E-state index contributed by atoms with van der Waals surface area (Å²) in [7, 11) is 1.94. The van der Waals surface area contributed by atoms with Gasteiger partial charge in [-0.15, -0.1) is 0 Å². The smallest absolute Gasteiger partial charge is 0.219 e. The first kappa shape index (κ1) is 14.4. The van der Waals surface area contributed by atoms with Crippen LogP contribution in [-0.4, -0.2) is 33.7 Å². The Hall–Kier alpha value is -0.590. The predicted octanol–water partition coefficient (Wildman–Crippen LogP) is 3.04. The van der Waals surface area contributed by atoms with E-state index in [1.165, 1.54) is 5.69 Å². The Morgan fingerprint density at radius 2 is 2.05 bits per heavy atom. The van der Waals surface area contributed by atoms with Gasteiger partial charge in [0.2, 0.25) is 5.91 Å². The van der Waals surface area contributed by atoms with Gasteiger partial charge in [0.25, 0.3) is 0 Å². The molecule has 2 aliphatic rings. The molecule has 20 heavy (non-hydrogen) atoms. The van der Waals surface area contributed by atoms with Gasteiger partial charge >= 0.3 is 0 Å². The molecule has 3 rings (SSSR count). The normalized spacial score (nSPS) is 31.5. The molecule has 4 nitrogen and oxygen atoms in total. The second-order valence-corrected chi connectivity index (χ2v) is 7.64. The number of rotatable bonds is 3. The van der Waals surface area contributed by atoms with Gasteiger partial charge in [0.05, 0.1) is 0 Å². The summed E-state index contributed by atoms with van der Waals surface area (Å²) in [6, 6.07) is 3.12. The van der Waals surface area contributed by atoms with Gasteiger partial charge in [-0.25, -0.2) is 0 Å². The average Bonchev–Trinajstić information content (AvgIpc) is 2.77. The summed E-state index contributed by atoms with van der Waals surface area (Å²) in [5.41, 5.74) is 1.41. The fraction of sp³-hybridized carbons (Fsp3) is 0.733. The van der Waals surface area contributed by atoms with E-state index < -0.39 is 0 Å². The molecule has 2 unspecified atom stereocenters. The van der Waals surface area contributed by atoms with Crippen molar-refractivity contribution in [2.45, 2.75) is 51.6 Å². The molecule has 2 saturated carbocycles. The molecular weight excluding hydrogens is 365 g/mol. The van der Waals surface area contributed by atoms with Crippen LogP contribution in [0.4, 0.5) is 0 Å². The fourth-order valence-electron chi connectivity index (χ4n) is 3.86. The van der Waals surface area contributed by atoms with Crippen molar-refractivity contribution in [1.29, 1.82) is 0 Å². The van der Waals surface area contributed by atoms with E-state index in [1.54, 1.807) is 6.92 Å². The fourth-order valence-corrected chi connectivity index (χ4v) is 4.42. The molecule has 0 aliphatic heterocycles. The van der Waals surface area contributed by atoms with E-state index in [1.807, 2.05) is 11.9 Å². The van der Waals surface area contributed by atoms with Gasteiger partial charge in [0, 0.05) is 37.7 Å².